The zero-order chi connectivity index (χ0) is 20.2. The van der Waals surface area contributed by atoms with Crippen molar-refractivity contribution in [2.24, 2.45) is 0 Å². The minimum Gasteiger partial charge on any atom is -0.422 e. The molecule has 0 unspecified atom stereocenters. The highest BCUT2D eigenvalue weighted by atomic mass is 32.1. The van der Waals surface area contributed by atoms with Crippen LogP contribution in [0.1, 0.15) is 17.5 Å². The third-order valence-corrected chi connectivity index (χ3v) is 5.42. The fourth-order valence-electron chi connectivity index (χ4n) is 3.02. The number of thiazole rings is 1. The van der Waals surface area contributed by atoms with Crippen molar-refractivity contribution < 1.29 is 4.42 Å². The number of fused-ring (bicyclic) bond motifs is 1. The van der Waals surface area contributed by atoms with E-state index < -0.39 is 5.63 Å². The van der Waals surface area contributed by atoms with Crippen molar-refractivity contribution in [2.45, 2.75) is 13.3 Å². The maximum absolute atomic E-state index is 12.4. The molecule has 4 rings (SSSR count). The number of nitriles is 1. The minimum atomic E-state index is -0.446. The van der Waals surface area contributed by atoms with E-state index in [0.29, 0.717) is 27.4 Å². The first-order chi connectivity index (χ1) is 14.2. The Morgan fingerprint density at radius 2 is 2.03 bits per heavy atom. The first kappa shape index (κ1) is 18.7. The Balaban J connectivity index is 1.66. The van der Waals surface area contributed by atoms with Crippen LogP contribution >= 0.6 is 11.3 Å². The van der Waals surface area contributed by atoms with Crippen molar-refractivity contribution in [3.05, 3.63) is 87.2 Å². The molecule has 4 aromatic rings. The van der Waals surface area contributed by atoms with Crippen LogP contribution in [-0.2, 0) is 6.42 Å². The summed E-state index contributed by atoms with van der Waals surface area (Å²) < 4.78 is 5.39. The van der Waals surface area contributed by atoms with Crippen LogP contribution in [0.5, 0.6) is 0 Å². The lowest BCUT2D eigenvalue weighted by Crippen LogP contribution is -2.03. The smallest absolute Gasteiger partial charge is 0.345 e. The highest BCUT2D eigenvalue weighted by Gasteiger charge is 2.13. The van der Waals surface area contributed by atoms with Gasteiger partial charge in [-0.3, -0.25) is 0 Å². The van der Waals surface area contributed by atoms with E-state index in [1.165, 1.54) is 11.3 Å². The number of hydrogen-bond acceptors (Lipinski definition) is 6. The molecule has 5 nitrogen and oxygen atoms in total. The Morgan fingerprint density at radius 1 is 1.24 bits per heavy atom. The summed E-state index contributed by atoms with van der Waals surface area (Å²) in [5.74, 6) is 0. The topological polar surface area (TPSA) is 78.9 Å². The van der Waals surface area contributed by atoms with E-state index in [9.17, 15) is 10.1 Å². The Bertz CT molecular complexity index is 1310. The van der Waals surface area contributed by atoms with Crippen molar-refractivity contribution in [2.75, 3.05) is 5.32 Å². The average molecular weight is 399 g/mol. The van der Waals surface area contributed by atoms with Gasteiger partial charge < -0.3 is 9.73 Å². The van der Waals surface area contributed by atoms with Crippen LogP contribution in [0.2, 0.25) is 0 Å². The van der Waals surface area contributed by atoms with Crippen molar-refractivity contribution in [3.8, 4) is 17.3 Å². The lowest BCUT2D eigenvalue weighted by Gasteiger charge is -2.07. The zero-order valence-corrected chi connectivity index (χ0v) is 16.5. The lowest BCUT2D eigenvalue weighted by atomic mass is 10.1. The van der Waals surface area contributed by atoms with Gasteiger partial charge in [-0.1, -0.05) is 43.3 Å². The summed E-state index contributed by atoms with van der Waals surface area (Å²) >= 11 is 1.31. The summed E-state index contributed by atoms with van der Waals surface area (Å²) in [6.45, 7) is 2.08. The summed E-state index contributed by atoms with van der Waals surface area (Å²) in [5.41, 5.74) is 3.49. The highest BCUT2D eigenvalue weighted by Crippen LogP contribution is 2.26. The quantitative estimate of drug-likeness (QED) is 0.356. The van der Waals surface area contributed by atoms with Gasteiger partial charge >= 0.3 is 5.63 Å². The van der Waals surface area contributed by atoms with Gasteiger partial charge in [0.05, 0.1) is 11.3 Å². The van der Waals surface area contributed by atoms with Crippen LogP contribution in [0.3, 0.4) is 0 Å². The number of benzene rings is 2. The summed E-state index contributed by atoms with van der Waals surface area (Å²) in [5, 5.41) is 15.9. The Hall–Kier alpha value is -3.69. The molecule has 0 atom stereocenters. The van der Waals surface area contributed by atoms with Crippen LogP contribution in [0, 0.1) is 11.3 Å². The lowest BCUT2D eigenvalue weighted by molar-refractivity contribution is 0.563. The van der Waals surface area contributed by atoms with Crippen LogP contribution in [0.15, 0.2) is 75.4 Å². The maximum atomic E-state index is 12.4. The van der Waals surface area contributed by atoms with E-state index in [4.69, 9.17) is 4.42 Å². The fraction of sp³-hybridized carbons (Fsp3) is 0.0870. The first-order valence-corrected chi connectivity index (χ1v) is 10.0. The van der Waals surface area contributed by atoms with Gasteiger partial charge in [0.2, 0.25) is 0 Å². The van der Waals surface area contributed by atoms with Gasteiger partial charge in [-0.25, -0.2) is 9.78 Å². The minimum absolute atomic E-state index is 0.382. The second kappa shape index (κ2) is 8.13. The van der Waals surface area contributed by atoms with Crippen molar-refractivity contribution in [1.82, 2.24) is 4.98 Å². The highest BCUT2D eigenvalue weighted by molar-refractivity contribution is 7.11. The molecule has 0 aliphatic rings. The summed E-state index contributed by atoms with van der Waals surface area (Å²) in [4.78, 5) is 16.9. The van der Waals surface area contributed by atoms with Crippen molar-refractivity contribution in [1.29, 1.82) is 5.26 Å². The Morgan fingerprint density at radius 3 is 2.86 bits per heavy atom. The molecule has 1 N–H and O–H groups in total. The monoisotopic (exact) mass is 399 g/mol. The van der Waals surface area contributed by atoms with Crippen LogP contribution in [0.4, 0.5) is 5.69 Å². The molecule has 2 aromatic heterocycles. The molecule has 2 aromatic carbocycles. The molecule has 0 saturated carbocycles. The van der Waals surface area contributed by atoms with Gasteiger partial charge in [0.25, 0.3) is 0 Å². The van der Waals surface area contributed by atoms with E-state index in [0.717, 1.165) is 23.1 Å². The summed E-state index contributed by atoms with van der Waals surface area (Å²) in [6, 6.07) is 19.2. The second-order valence-electron chi connectivity index (χ2n) is 6.35. The molecule has 6 heteroatoms. The van der Waals surface area contributed by atoms with Gasteiger partial charge in [-0.15, -0.1) is 11.3 Å². The summed E-state index contributed by atoms with van der Waals surface area (Å²) in [7, 11) is 0. The third-order valence-electron chi connectivity index (χ3n) is 4.54. The molecule has 0 bridgehead atoms. The third kappa shape index (κ3) is 3.82. The van der Waals surface area contributed by atoms with Gasteiger partial charge in [-0.05, 0) is 30.2 Å². The van der Waals surface area contributed by atoms with E-state index in [-0.39, 0.29) is 0 Å². The molecule has 2 heterocycles. The normalized spacial score (nSPS) is 11.4. The molecule has 0 aliphatic carbocycles. The molecular formula is C23H17N3O2S. The molecule has 0 saturated heterocycles. The van der Waals surface area contributed by atoms with Gasteiger partial charge in [0, 0.05) is 22.7 Å². The molecule has 0 fully saturated rings. The Labute approximate surface area is 171 Å². The van der Waals surface area contributed by atoms with Crippen molar-refractivity contribution in [3.63, 3.8) is 0 Å². The molecule has 142 valence electrons. The molecular weight excluding hydrogens is 382 g/mol. The first-order valence-electron chi connectivity index (χ1n) is 9.13. The standard InChI is InChI=1S/C23H17N3O2S/c1-2-15-7-3-5-9-19(15)25-13-17(12-24)22-26-20(14-29-22)18-11-16-8-4-6-10-21(16)28-23(18)27/h3-11,13-14,25H,2H2,1H3/b17-13-. The van der Waals surface area contributed by atoms with Crippen LogP contribution in [0.25, 0.3) is 27.8 Å². The van der Waals surface area contributed by atoms with E-state index in [2.05, 4.69) is 23.3 Å². The van der Waals surface area contributed by atoms with Crippen LogP contribution < -0.4 is 10.9 Å². The Kier molecular flexibility index (Phi) is 5.23. The second-order valence-corrected chi connectivity index (χ2v) is 7.21. The van der Waals surface area contributed by atoms with Crippen molar-refractivity contribution >= 4 is 33.6 Å². The number of allylic oxidation sites excluding steroid dienone is 1. The number of para-hydroxylation sites is 2. The molecule has 29 heavy (non-hydrogen) atoms. The molecule has 0 amide bonds. The number of rotatable bonds is 5. The SMILES string of the molecule is CCc1ccccc1N/C=C(/C#N)c1nc(-c2cc3ccccc3oc2=O)cs1. The van der Waals surface area contributed by atoms with E-state index in [1.807, 2.05) is 42.5 Å². The fourth-order valence-corrected chi connectivity index (χ4v) is 3.81. The number of anilines is 1. The van der Waals surface area contributed by atoms with Crippen LogP contribution in [-0.4, -0.2) is 4.98 Å². The number of hydrogen-bond donors (Lipinski definition) is 1. The number of nitrogens with zero attached hydrogens (tertiary/aromatic N) is 2. The number of aryl methyl sites for hydroxylation is 1. The van der Waals surface area contributed by atoms with Gasteiger partial charge in [0.15, 0.2) is 0 Å². The van der Waals surface area contributed by atoms with E-state index in [1.54, 1.807) is 23.7 Å². The average Bonchev–Trinajstić information content (AvgIpc) is 3.23. The number of nitrogens with one attached hydrogen (secondary N) is 1. The molecule has 0 aliphatic heterocycles. The number of aromatic nitrogens is 1. The molecule has 0 radical (unpaired) electrons. The van der Waals surface area contributed by atoms with E-state index >= 15 is 0 Å². The molecule has 0 spiro atoms. The zero-order valence-electron chi connectivity index (χ0n) is 15.7. The van der Waals surface area contributed by atoms with Gasteiger partial charge in [0.1, 0.15) is 22.2 Å². The summed E-state index contributed by atoms with van der Waals surface area (Å²) in [6.07, 6.45) is 2.54. The van der Waals surface area contributed by atoms with Gasteiger partial charge in [-0.2, -0.15) is 5.26 Å². The predicted octanol–water partition coefficient (Wildman–Crippen LogP) is 5.46. The maximum Gasteiger partial charge on any atom is 0.345 e. The predicted molar refractivity (Wildman–Crippen MR) is 117 cm³/mol. The largest absolute Gasteiger partial charge is 0.422 e.